The Morgan fingerprint density at radius 1 is 1.34 bits per heavy atom. The number of nitrogens with one attached hydrogen (secondary N) is 1. The minimum absolute atomic E-state index is 0.160. The largest absolute Gasteiger partial charge is 0.493 e. The number of halogens is 1. The molecule has 0 spiro atoms. The molecule has 32 heavy (non-hydrogen) atoms. The van der Waals surface area contributed by atoms with Gasteiger partial charge in [-0.25, -0.2) is 13.9 Å². The van der Waals surface area contributed by atoms with Gasteiger partial charge in [0.1, 0.15) is 22.8 Å². The molecule has 4 aromatic rings. The van der Waals surface area contributed by atoms with Crippen molar-refractivity contribution in [2.45, 2.75) is 32.9 Å². The predicted octanol–water partition coefficient (Wildman–Crippen LogP) is 3.15. The number of anilines is 1. The fourth-order valence-corrected chi connectivity index (χ4v) is 3.33. The lowest BCUT2D eigenvalue weighted by Crippen LogP contribution is -2.26. The van der Waals surface area contributed by atoms with Crippen LogP contribution < -0.4 is 10.1 Å². The third-order valence-electron chi connectivity index (χ3n) is 4.58. The number of carbonyl (C=O) groups excluding carboxylic acids is 1. The van der Waals surface area contributed by atoms with E-state index in [1.807, 2.05) is 6.92 Å². The molecule has 0 unspecified atom stereocenters. The Bertz CT molecular complexity index is 1270. The van der Waals surface area contributed by atoms with Gasteiger partial charge < -0.3 is 15.2 Å². The lowest BCUT2D eigenvalue weighted by Gasteiger charge is -2.16. The van der Waals surface area contributed by atoms with Crippen molar-refractivity contribution in [1.82, 2.24) is 24.4 Å². The van der Waals surface area contributed by atoms with Crippen LogP contribution in [0.15, 0.2) is 49.1 Å². The molecule has 1 amide bonds. The molecule has 0 aliphatic rings. The Morgan fingerprint density at radius 3 is 2.91 bits per heavy atom. The number of ether oxygens (including phenoxy) is 1. The Morgan fingerprint density at radius 2 is 2.16 bits per heavy atom. The van der Waals surface area contributed by atoms with Gasteiger partial charge in [0.25, 0.3) is 5.91 Å². The summed E-state index contributed by atoms with van der Waals surface area (Å²) in [5, 5.41) is 21.7. The number of rotatable bonds is 7. The monoisotopic (exact) mass is 438 g/mol. The second-order valence-corrected chi connectivity index (χ2v) is 7.88. The minimum Gasteiger partial charge on any atom is -0.493 e. The Kier molecular flexibility index (Phi) is 5.62. The Hall–Kier alpha value is -3.79. The first kappa shape index (κ1) is 21.4. The van der Waals surface area contributed by atoms with E-state index in [0.29, 0.717) is 34.9 Å². The fourth-order valence-electron chi connectivity index (χ4n) is 3.33. The van der Waals surface area contributed by atoms with Gasteiger partial charge in [-0.15, -0.1) is 0 Å². The van der Waals surface area contributed by atoms with Crippen molar-refractivity contribution in [3.63, 3.8) is 0 Å². The maximum atomic E-state index is 14.1. The lowest BCUT2D eigenvalue weighted by atomic mass is 10.1. The number of aromatic nitrogens is 5. The van der Waals surface area contributed by atoms with E-state index in [4.69, 9.17) is 4.74 Å². The van der Waals surface area contributed by atoms with Crippen molar-refractivity contribution in [2.24, 2.45) is 0 Å². The standard InChI is InChI=1S/C22H23FN6O3/c1-4-32-18-7-6-14(23)10-15(18)19-17(12-28(27-19)13-22(2,3)31)26-21(30)16-11-25-29-9-5-8-24-20(16)29/h5-12,31H,4,13H2,1-3H3,(H,26,30). The van der Waals surface area contributed by atoms with Crippen LogP contribution in [0.1, 0.15) is 31.1 Å². The van der Waals surface area contributed by atoms with Crippen LogP contribution in [-0.2, 0) is 6.54 Å². The van der Waals surface area contributed by atoms with Crippen molar-refractivity contribution in [2.75, 3.05) is 11.9 Å². The average molecular weight is 438 g/mol. The third-order valence-corrected chi connectivity index (χ3v) is 4.58. The molecule has 1 aromatic carbocycles. The zero-order chi connectivity index (χ0) is 22.9. The van der Waals surface area contributed by atoms with E-state index >= 15 is 0 Å². The van der Waals surface area contributed by atoms with Crippen LogP contribution in [0, 0.1) is 5.82 Å². The average Bonchev–Trinajstić information content (AvgIpc) is 3.32. The Labute approximate surface area is 183 Å². The molecule has 0 radical (unpaired) electrons. The van der Waals surface area contributed by atoms with Gasteiger partial charge in [0, 0.05) is 24.2 Å². The van der Waals surface area contributed by atoms with E-state index in [-0.39, 0.29) is 12.1 Å². The Balaban J connectivity index is 1.77. The molecule has 3 aromatic heterocycles. The number of benzene rings is 1. The molecule has 0 saturated carbocycles. The van der Waals surface area contributed by atoms with E-state index in [0.717, 1.165) is 0 Å². The van der Waals surface area contributed by atoms with Gasteiger partial charge in [0.05, 0.1) is 30.6 Å². The summed E-state index contributed by atoms with van der Waals surface area (Å²) < 4.78 is 22.7. The summed E-state index contributed by atoms with van der Waals surface area (Å²) in [7, 11) is 0. The van der Waals surface area contributed by atoms with Gasteiger partial charge in [-0.3, -0.25) is 9.48 Å². The first-order valence-corrected chi connectivity index (χ1v) is 10.1. The minimum atomic E-state index is -1.05. The van der Waals surface area contributed by atoms with Gasteiger partial charge in [0.2, 0.25) is 0 Å². The van der Waals surface area contributed by atoms with Gasteiger partial charge >= 0.3 is 0 Å². The van der Waals surface area contributed by atoms with Gasteiger partial charge in [-0.05, 0) is 45.0 Å². The number of nitrogens with zero attached hydrogens (tertiary/aromatic N) is 5. The molecular weight excluding hydrogens is 415 g/mol. The van der Waals surface area contributed by atoms with Crippen LogP contribution in [0.5, 0.6) is 5.75 Å². The first-order valence-electron chi connectivity index (χ1n) is 10.1. The maximum Gasteiger partial charge on any atom is 0.261 e. The zero-order valence-electron chi connectivity index (χ0n) is 17.9. The van der Waals surface area contributed by atoms with Crippen LogP contribution in [-0.4, -0.2) is 47.6 Å². The second-order valence-electron chi connectivity index (χ2n) is 7.88. The van der Waals surface area contributed by atoms with Gasteiger partial charge in [0.15, 0.2) is 5.65 Å². The van der Waals surface area contributed by atoms with E-state index in [9.17, 15) is 14.3 Å². The molecule has 0 aliphatic carbocycles. The molecule has 10 heteroatoms. The first-order chi connectivity index (χ1) is 15.2. The summed E-state index contributed by atoms with van der Waals surface area (Å²) in [6, 6.07) is 5.82. The molecule has 0 aliphatic heterocycles. The molecule has 166 valence electrons. The summed E-state index contributed by atoms with van der Waals surface area (Å²) in [6.07, 6.45) is 6.27. The summed E-state index contributed by atoms with van der Waals surface area (Å²) >= 11 is 0. The molecule has 3 heterocycles. The number of hydrogen-bond acceptors (Lipinski definition) is 6. The third kappa shape index (κ3) is 4.45. The molecule has 0 saturated heterocycles. The van der Waals surface area contributed by atoms with Crippen molar-refractivity contribution in [1.29, 1.82) is 0 Å². The molecule has 0 fully saturated rings. The van der Waals surface area contributed by atoms with Crippen LogP contribution in [0.2, 0.25) is 0 Å². The second kappa shape index (κ2) is 8.39. The zero-order valence-corrected chi connectivity index (χ0v) is 17.9. The lowest BCUT2D eigenvalue weighted by molar-refractivity contribution is 0.0578. The van der Waals surface area contributed by atoms with Crippen molar-refractivity contribution in [3.8, 4) is 17.0 Å². The smallest absolute Gasteiger partial charge is 0.261 e. The van der Waals surface area contributed by atoms with Crippen LogP contribution in [0.25, 0.3) is 16.9 Å². The number of amides is 1. The predicted molar refractivity (Wildman–Crippen MR) is 116 cm³/mol. The number of aliphatic hydroxyl groups is 1. The van der Waals surface area contributed by atoms with Crippen molar-refractivity contribution >= 4 is 17.2 Å². The molecular formula is C22H23FN6O3. The molecule has 0 atom stereocenters. The fraction of sp³-hybridized carbons (Fsp3) is 0.273. The highest BCUT2D eigenvalue weighted by atomic mass is 19.1. The van der Waals surface area contributed by atoms with E-state index in [2.05, 4.69) is 20.5 Å². The van der Waals surface area contributed by atoms with E-state index in [1.165, 1.54) is 33.6 Å². The topological polar surface area (TPSA) is 107 Å². The molecule has 2 N–H and O–H groups in total. The number of carbonyl (C=O) groups is 1. The number of hydrogen-bond donors (Lipinski definition) is 2. The highest BCUT2D eigenvalue weighted by molar-refractivity contribution is 6.09. The molecule has 4 rings (SSSR count). The number of fused-ring (bicyclic) bond motifs is 1. The summed E-state index contributed by atoms with van der Waals surface area (Å²) in [5.41, 5.74) is 0.652. The quantitative estimate of drug-likeness (QED) is 0.459. The summed E-state index contributed by atoms with van der Waals surface area (Å²) in [5.74, 6) is -0.489. The highest BCUT2D eigenvalue weighted by Crippen LogP contribution is 2.35. The van der Waals surface area contributed by atoms with Crippen LogP contribution in [0.4, 0.5) is 10.1 Å². The van der Waals surface area contributed by atoms with Crippen molar-refractivity contribution in [3.05, 3.63) is 60.4 Å². The van der Waals surface area contributed by atoms with Crippen LogP contribution in [0.3, 0.4) is 0 Å². The van der Waals surface area contributed by atoms with Gasteiger partial charge in [-0.2, -0.15) is 10.2 Å². The maximum absolute atomic E-state index is 14.1. The van der Waals surface area contributed by atoms with E-state index < -0.39 is 17.3 Å². The highest BCUT2D eigenvalue weighted by Gasteiger charge is 2.23. The van der Waals surface area contributed by atoms with Crippen molar-refractivity contribution < 1.29 is 19.0 Å². The van der Waals surface area contributed by atoms with Gasteiger partial charge in [-0.1, -0.05) is 0 Å². The summed E-state index contributed by atoms with van der Waals surface area (Å²) in [6.45, 7) is 5.64. The molecule has 0 bridgehead atoms. The van der Waals surface area contributed by atoms with E-state index in [1.54, 1.807) is 38.5 Å². The molecule has 9 nitrogen and oxygen atoms in total. The van der Waals surface area contributed by atoms with Crippen LogP contribution >= 0.6 is 0 Å². The SMILES string of the molecule is CCOc1ccc(F)cc1-c1nn(CC(C)(C)O)cc1NC(=O)c1cnn2cccnc12. The summed E-state index contributed by atoms with van der Waals surface area (Å²) in [4.78, 5) is 17.3. The normalized spacial score (nSPS) is 11.7.